The van der Waals surface area contributed by atoms with Gasteiger partial charge in [0.2, 0.25) is 0 Å². The number of benzene rings is 2. The second-order valence-electron chi connectivity index (χ2n) is 5.96. The molecule has 27 heavy (non-hydrogen) atoms. The summed E-state index contributed by atoms with van der Waals surface area (Å²) in [6, 6.07) is 17.7. The van der Waals surface area contributed by atoms with Crippen LogP contribution in [0.1, 0.15) is 19.4 Å². The summed E-state index contributed by atoms with van der Waals surface area (Å²) in [4.78, 5) is 14.6. The number of rotatable bonds is 10. The number of anilines is 1. The van der Waals surface area contributed by atoms with E-state index in [1.165, 1.54) is 5.56 Å². The van der Waals surface area contributed by atoms with E-state index in [0.29, 0.717) is 26.3 Å². The molecule has 146 valence electrons. The number of carbonyl (C=O) groups excluding carboxylic acids is 1. The van der Waals surface area contributed by atoms with E-state index in [2.05, 4.69) is 40.0 Å². The van der Waals surface area contributed by atoms with Crippen LogP contribution in [0, 0.1) is 3.57 Å². The predicted octanol–water partition coefficient (Wildman–Crippen LogP) is 4.77. The molecule has 0 atom stereocenters. The topological polar surface area (TPSA) is 50.8 Å². The molecule has 0 saturated heterocycles. The first kappa shape index (κ1) is 21.7. The minimum atomic E-state index is -0.433. The Balaban J connectivity index is 2.07. The van der Waals surface area contributed by atoms with Crippen LogP contribution in [0.25, 0.3) is 0 Å². The van der Waals surface area contributed by atoms with E-state index >= 15 is 0 Å². The molecule has 0 heterocycles. The second-order valence-corrected chi connectivity index (χ2v) is 7.21. The molecular weight excluding hydrogens is 455 g/mol. The van der Waals surface area contributed by atoms with Gasteiger partial charge in [0.1, 0.15) is 0 Å². The summed E-state index contributed by atoms with van der Waals surface area (Å²) >= 11 is 2.23. The number of amides is 2. The SMILES string of the molecule is CCOC(CN(CCc1ccccc1)C(=O)Nc1cccc(I)c1)OCC. The van der Waals surface area contributed by atoms with Crippen molar-refractivity contribution < 1.29 is 14.3 Å². The molecule has 2 amide bonds. The van der Waals surface area contributed by atoms with Crippen molar-refractivity contribution in [2.75, 3.05) is 31.6 Å². The van der Waals surface area contributed by atoms with Gasteiger partial charge in [-0.3, -0.25) is 0 Å². The van der Waals surface area contributed by atoms with Gasteiger partial charge in [0.25, 0.3) is 0 Å². The number of carbonyl (C=O) groups is 1. The van der Waals surface area contributed by atoms with Gasteiger partial charge in [-0.25, -0.2) is 4.79 Å². The smallest absolute Gasteiger partial charge is 0.322 e. The van der Waals surface area contributed by atoms with Crippen LogP contribution in [0.4, 0.5) is 10.5 Å². The fourth-order valence-electron chi connectivity index (χ4n) is 2.66. The zero-order valence-corrected chi connectivity index (χ0v) is 18.0. The van der Waals surface area contributed by atoms with Crippen LogP contribution in [-0.4, -0.2) is 43.5 Å². The molecule has 2 aromatic rings. The van der Waals surface area contributed by atoms with Gasteiger partial charge in [-0.15, -0.1) is 0 Å². The predicted molar refractivity (Wildman–Crippen MR) is 117 cm³/mol. The summed E-state index contributed by atoms with van der Waals surface area (Å²) in [5.41, 5.74) is 1.97. The third kappa shape index (κ3) is 7.86. The lowest BCUT2D eigenvalue weighted by Crippen LogP contribution is -2.43. The maximum Gasteiger partial charge on any atom is 0.322 e. The summed E-state index contributed by atoms with van der Waals surface area (Å²) < 4.78 is 12.4. The van der Waals surface area contributed by atoms with Crippen molar-refractivity contribution in [3.8, 4) is 0 Å². The van der Waals surface area contributed by atoms with Crippen LogP contribution in [0.5, 0.6) is 0 Å². The van der Waals surface area contributed by atoms with Crippen molar-refractivity contribution in [2.45, 2.75) is 26.6 Å². The molecule has 0 aliphatic heterocycles. The van der Waals surface area contributed by atoms with Gasteiger partial charge in [0.05, 0.1) is 6.54 Å². The quantitative estimate of drug-likeness (QED) is 0.392. The van der Waals surface area contributed by atoms with Gasteiger partial charge < -0.3 is 19.7 Å². The van der Waals surface area contributed by atoms with E-state index in [0.717, 1.165) is 15.7 Å². The number of nitrogens with one attached hydrogen (secondary N) is 1. The molecule has 2 rings (SSSR count). The molecule has 5 nitrogen and oxygen atoms in total. The van der Waals surface area contributed by atoms with Crippen LogP contribution in [0.15, 0.2) is 54.6 Å². The molecule has 0 bridgehead atoms. The van der Waals surface area contributed by atoms with Gasteiger partial charge >= 0.3 is 6.03 Å². The lowest BCUT2D eigenvalue weighted by molar-refractivity contribution is -0.142. The zero-order valence-electron chi connectivity index (χ0n) is 15.9. The molecule has 0 fully saturated rings. The van der Waals surface area contributed by atoms with Crippen LogP contribution in [0.2, 0.25) is 0 Å². The highest BCUT2D eigenvalue weighted by Crippen LogP contribution is 2.14. The van der Waals surface area contributed by atoms with Crippen LogP contribution >= 0.6 is 22.6 Å². The molecule has 0 aromatic heterocycles. The maximum absolute atomic E-state index is 12.9. The third-order valence-corrected chi connectivity index (χ3v) is 4.62. The Morgan fingerprint density at radius 2 is 1.78 bits per heavy atom. The highest BCUT2D eigenvalue weighted by molar-refractivity contribution is 14.1. The number of ether oxygens (including phenoxy) is 2. The average Bonchev–Trinajstić information content (AvgIpc) is 2.66. The van der Waals surface area contributed by atoms with E-state index in [1.807, 2.05) is 56.3 Å². The zero-order chi connectivity index (χ0) is 19.5. The van der Waals surface area contributed by atoms with E-state index in [9.17, 15) is 4.79 Å². The second kappa shape index (κ2) is 11.9. The minimum absolute atomic E-state index is 0.155. The van der Waals surface area contributed by atoms with Gasteiger partial charge in [0.15, 0.2) is 6.29 Å². The molecule has 0 radical (unpaired) electrons. The lowest BCUT2D eigenvalue weighted by Gasteiger charge is -2.27. The van der Waals surface area contributed by atoms with E-state index in [4.69, 9.17) is 9.47 Å². The Bertz CT molecular complexity index is 691. The summed E-state index contributed by atoms with van der Waals surface area (Å²) in [7, 11) is 0. The molecule has 0 saturated carbocycles. The van der Waals surface area contributed by atoms with Crippen LogP contribution in [-0.2, 0) is 15.9 Å². The van der Waals surface area contributed by atoms with Gasteiger partial charge in [-0.2, -0.15) is 0 Å². The maximum atomic E-state index is 12.9. The van der Waals surface area contributed by atoms with Gasteiger partial charge in [-0.05, 0) is 66.6 Å². The molecular formula is C21H27IN2O3. The Kier molecular flexibility index (Phi) is 9.58. The first-order valence-corrected chi connectivity index (χ1v) is 10.3. The molecule has 0 unspecified atom stereocenters. The largest absolute Gasteiger partial charge is 0.351 e. The standard InChI is InChI=1S/C21H27IN2O3/c1-3-26-20(27-4-2)16-24(14-13-17-9-6-5-7-10-17)21(25)23-19-12-8-11-18(22)15-19/h5-12,15,20H,3-4,13-14,16H2,1-2H3,(H,23,25). The molecule has 0 spiro atoms. The summed E-state index contributed by atoms with van der Waals surface area (Å²) in [5, 5.41) is 2.98. The van der Waals surface area contributed by atoms with Gasteiger partial charge in [0, 0.05) is 29.0 Å². The first-order chi connectivity index (χ1) is 13.1. The van der Waals surface area contributed by atoms with E-state index in [1.54, 1.807) is 4.90 Å². The fourth-order valence-corrected chi connectivity index (χ4v) is 3.20. The number of urea groups is 1. The Hall–Kier alpha value is -1.64. The van der Waals surface area contributed by atoms with Crippen LogP contribution in [0.3, 0.4) is 0 Å². The van der Waals surface area contributed by atoms with E-state index in [-0.39, 0.29) is 6.03 Å². The van der Waals surface area contributed by atoms with Crippen molar-refractivity contribution in [3.05, 3.63) is 63.7 Å². The molecule has 1 N–H and O–H groups in total. The molecule has 2 aromatic carbocycles. The van der Waals surface area contributed by atoms with Crippen LogP contribution < -0.4 is 5.32 Å². The molecule has 6 heteroatoms. The Labute approximate surface area is 175 Å². The Morgan fingerprint density at radius 1 is 1.07 bits per heavy atom. The van der Waals surface area contributed by atoms with Crippen molar-refractivity contribution in [1.29, 1.82) is 0 Å². The average molecular weight is 482 g/mol. The monoisotopic (exact) mass is 482 g/mol. The lowest BCUT2D eigenvalue weighted by atomic mass is 10.1. The number of hydrogen-bond donors (Lipinski definition) is 1. The van der Waals surface area contributed by atoms with Crippen molar-refractivity contribution in [1.82, 2.24) is 4.90 Å². The molecule has 0 aliphatic rings. The fraction of sp³-hybridized carbons (Fsp3) is 0.381. The van der Waals surface area contributed by atoms with E-state index < -0.39 is 6.29 Å². The summed E-state index contributed by atoms with van der Waals surface area (Å²) in [6.45, 7) is 5.88. The first-order valence-electron chi connectivity index (χ1n) is 9.21. The van der Waals surface area contributed by atoms with Crippen molar-refractivity contribution in [3.63, 3.8) is 0 Å². The number of nitrogens with zero attached hydrogens (tertiary/aromatic N) is 1. The van der Waals surface area contributed by atoms with Gasteiger partial charge in [-0.1, -0.05) is 36.4 Å². The minimum Gasteiger partial charge on any atom is -0.351 e. The highest BCUT2D eigenvalue weighted by atomic mass is 127. The number of halogens is 1. The van der Waals surface area contributed by atoms with Crippen molar-refractivity contribution in [2.24, 2.45) is 0 Å². The third-order valence-electron chi connectivity index (χ3n) is 3.95. The summed E-state index contributed by atoms with van der Waals surface area (Å²) in [5.74, 6) is 0. The highest BCUT2D eigenvalue weighted by Gasteiger charge is 2.20. The Morgan fingerprint density at radius 3 is 2.41 bits per heavy atom. The number of hydrogen-bond acceptors (Lipinski definition) is 3. The summed E-state index contributed by atoms with van der Waals surface area (Å²) in [6.07, 6.45) is 0.336. The van der Waals surface area contributed by atoms with Crippen molar-refractivity contribution >= 4 is 34.3 Å². The molecule has 0 aliphatic carbocycles. The normalized spacial score (nSPS) is 10.8.